The lowest BCUT2D eigenvalue weighted by Gasteiger charge is -2.49. The van der Waals surface area contributed by atoms with Gasteiger partial charge in [0.25, 0.3) is 0 Å². The van der Waals surface area contributed by atoms with E-state index < -0.39 is 0 Å². The van der Waals surface area contributed by atoms with Crippen LogP contribution in [0.2, 0.25) is 0 Å². The molecule has 0 aliphatic carbocycles. The first-order valence-corrected chi connectivity index (χ1v) is 8.42. The minimum atomic E-state index is -0.320. The van der Waals surface area contributed by atoms with Crippen molar-refractivity contribution in [2.24, 2.45) is 0 Å². The van der Waals surface area contributed by atoms with E-state index in [9.17, 15) is 9.59 Å². The fraction of sp³-hybridized carbons (Fsp3) is 0.875. The van der Waals surface area contributed by atoms with Crippen LogP contribution in [0.25, 0.3) is 0 Å². The number of hydrogen-bond acceptors (Lipinski definition) is 3. The molecule has 0 aromatic heterocycles. The van der Waals surface area contributed by atoms with Crippen LogP contribution >= 0.6 is 0 Å². The third kappa shape index (κ3) is 2.80. The average molecular weight is 293 g/mol. The van der Waals surface area contributed by atoms with E-state index in [4.69, 9.17) is 0 Å². The summed E-state index contributed by atoms with van der Waals surface area (Å²) < 4.78 is 0. The van der Waals surface area contributed by atoms with Crippen LogP contribution < -0.4 is 5.32 Å². The molecule has 2 bridgehead atoms. The Morgan fingerprint density at radius 1 is 1.14 bits per heavy atom. The van der Waals surface area contributed by atoms with Crippen molar-refractivity contribution in [2.75, 3.05) is 13.6 Å². The molecule has 3 saturated heterocycles. The van der Waals surface area contributed by atoms with Crippen LogP contribution in [-0.2, 0) is 9.59 Å². The van der Waals surface area contributed by atoms with Crippen LogP contribution in [-0.4, -0.2) is 59.4 Å². The van der Waals surface area contributed by atoms with Crippen molar-refractivity contribution in [3.63, 3.8) is 0 Å². The number of nitrogens with zero attached hydrogens (tertiary/aromatic N) is 2. The Balaban J connectivity index is 1.75. The summed E-state index contributed by atoms with van der Waals surface area (Å²) in [6.07, 6.45) is 7.09. The normalized spacial score (nSPS) is 38.1. The lowest BCUT2D eigenvalue weighted by molar-refractivity contribution is -0.137. The summed E-state index contributed by atoms with van der Waals surface area (Å²) in [5.74, 6) is 0.154. The van der Waals surface area contributed by atoms with Crippen molar-refractivity contribution >= 4 is 11.8 Å². The molecule has 118 valence electrons. The Morgan fingerprint density at radius 3 is 2.43 bits per heavy atom. The molecule has 5 heteroatoms. The second-order valence-electron chi connectivity index (χ2n) is 6.84. The molecule has 0 saturated carbocycles. The third-order valence-corrected chi connectivity index (χ3v) is 5.66. The van der Waals surface area contributed by atoms with Gasteiger partial charge in [-0.25, -0.2) is 0 Å². The van der Waals surface area contributed by atoms with Crippen LogP contribution in [0, 0.1) is 0 Å². The van der Waals surface area contributed by atoms with Crippen molar-refractivity contribution in [1.29, 1.82) is 0 Å². The molecular weight excluding hydrogens is 266 g/mol. The van der Waals surface area contributed by atoms with E-state index in [0.29, 0.717) is 37.5 Å². The molecule has 3 fully saturated rings. The number of amides is 2. The molecule has 21 heavy (non-hydrogen) atoms. The fourth-order valence-corrected chi connectivity index (χ4v) is 4.34. The smallest absolute Gasteiger partial charge is 0.245 e. The first-order valence-electron chi connectivity index (χ1n) is 8.42. The number of rotatable bonds is 2. The summed E-state index contributed by atoms with van der Waals surface area (Å²) in [5, 5.41) is 2.87. The van der Waals surface area contributed by atoms with Gasteiger partial charge in [-0.1, -0.05) is 13.3 Å². The van der Waals surface area contributed by atoms with Crippen molar-refractivity contribution < 1.29 is 9.59 Å². The van der Waals surface area contributed by atoms with Gasteiger partial charge in [-0.2, -0.15) is 0 Å². The predicted octanol–water partition coefficient (Wildman–Crippen LogP) is 1.13. The molecule has 5 nitrogen and oxygen atoms in total. The standard InChI is InChI=1S/C16H27N3O2/c1-3-14-16(21)19(8-7-15(20)17-14)13-9-11-5-4-6-12(10-13)18(11)2/h11-14H,3-10H2,1-2H3,(H,17,20). The average Bonchev–Trinajstić information content (AvgIpc) is 2.58. The largest absolute Gasteiger partial charge is 0.344 e. The molecule has 0 radical (unpaired) electrons. The zero-order valence-electron chi connectivity index (χ0n) is 13.2. The molecule has 1 N–H and O–H groups in total. The van der Waals surface area contributed by atoms with Crippen LogP contribution in [0.3, 0.4) is 0 Å². The van der Waals surface area contributed by atoms with Gasteiger partial charge >= 0.3 is 0 Å². The van der Waals surface area contributed by atoms with Crippen molar-refractivity contribution in [2.45, 2.75) is 76.0 Å². The Hall–Kier alpha value is -1.10. The van der Waals surface area contributed by atoms with E-state index in [1.165, 1.54) is 19.3 Å². The Labute approximate surface area is 127 Å². The number of hydrogen-bond donors (Lipinski definition) is 1. The monoisotopic (exact) mass is 293 g/mol. The van der Waals surface area contributed by atoms with Crippen LogP contribution in [0.5, 0.6) is 0 Å². The maximum atomic E-state index is 12.7. The number of piperidine rings is 2. The molecular formula is C16H27N3O2. The molecule has 0 spiro atoms. The fourth-order valence-electron chi connectivity index (χ4n) is 4.34. The van der Waals surface area contributed by atoms with E-state index in [1.54, 1.807) is 0 Å². The van der Waals surface area contributed by atoms with E-state index >= 15 is 0 Å². The van der Waals surface area contributed by atoms with Gasteiger partial charge < -0.3 is 15.1 Å². The highest BCUT2D eigenvalue weighted by Crippen LogP contribution is 2.35. The molecule has 0 aromatic carbocycles. The molecule has 3 rings (SSSR count). The lowest BCUT2D eigenvalue weighted by atomic mass is 9.81. The highest BCUT2D eigenvalue weighted by atomic mass is 16.2. The van der Waals surface area contributed by atoms with Gasteiger partial charge in [0.05, 0.1) is 0 Å². The summed E-state index contributed by atoms with van der Waals surface area (Å²) in [6, 6.07) is 1.23. The molecule has 3 heterocycles. The topological polar surface area (TPSA) is 52.7 Å². The molecule has 3 aliphatic heterocycles. The van der Waals surface area contributed by atoms with E-state index in [1.807, 2.05) is 11.8 Å². The number of carbonyl (C=O) groups excluding carboxylic acids is 2. The summed E-state index contributed by atoms with van der Waals surface area (Å²) in [5.41, 5.74) is 0. The molecule has 3 aliphatic rings. The summed E-state index contributed by atoms with van der Waals surface area (Å²) >= 11 is 0. The zero-order valence-corrected chi connectivity index (χ0v) is 13.2. The van der Waals surface area contributed by atoms with Crippen molar-refractivity contribution in [3.05, 3.63) is 0 Å². The highest BCUT2D eigenvalue weighted by molar-refractivity contribution is 5.90. The number of nitrogens with one attached hydrogen (secondary N) is 1. The van der Waals surface area contributed by atoms with Gasteiger partial charge in [-0.3, -0.25) is 9.59 Å². The summed E-state index contributed by atoms with van der Waals surface area (Å²) in [7, 11) is 2.23. The highest BCUT2D eigenvalue weighted by Gasteiger charge is 2.41. The lowest BCUT2D eigenvalue weighted by Crippen LogP contribution is -2.57. The second-order valence-corrected chi connectivity index (χ2v) is 6.84. The molecule has 0 aromatic rings. The molecule has 3 atom stereocenters. The van der Waals surface area contributed by atoms with Crippen LogP contribution in [0.4, 0.5) is 0 Å². The quantitative estimate of drug-likeness (QED) is 0.830. The Kier molecular flexibility index (Phi) is 4.20. The van der Waals surface area contributed by atoms with E-state index in [2.05, 4.69) is 17.3 Å². The summed E-state index contributed by atoms with van der Waals surface area (Å²) in [4.78, 5) is 29.0. The first kappa shape index (κ1) is 14.8. The third-order valence-electron chi connectivity index (χ3n) is 5.66. The van der Waals surface area contributed by atoms with E-state index in [0.717, 1.165) is 12.8 Å². The van der Waals surface area contributed by atoms with Gasteiger partial charge in [-0.05, 0) is 39.2 Å². The SMILES string of the molecule is CCC1NC(=O)CCN(C2CC3CCCC(C2)N3C)C1=O. The summed E-state index contributed by atoms with van der Waals surface area (Å²) in [6.45, 7) is 2.56. The van der Waals surface area contributed by atoms with E-state index in [-0.39, 0.29) is 17.9 Å². The number of fused-ring (bicyclic) bond motifs is 2. The van der Waals surface area contributed by atoms with Gasteiger partial charge in [0, 0.05) is 31.1 Å². The number of carbonyl (C=O) groups is 2. The minimum Gasteiger partial charge on any atom is -0.344 e. The van der Waals surface area contributed by atoms with Crippen molar-refractivity contribution in [3.8, 4) is 0 Å². The van der Waals surface area contributed by atoms with Gasteiger partial charge in [0.2, 0.25) is 11.8 Å². The maximum absolute atomic E-state index is 12.7. The van der Waals surface area contributed by atoms with Crippen molar-refractivity contribution in [1.82, 2.24) is 15.1 Å². The maximum Gasteiger partial charge on any atom is 0.245 e. The Bertz CT molecular complexity index is 412. The minimum absolute atomic E-state index is 0.0193. The van der Waals surface area contributed by atoms with Crippen LogP contribution in [0.15, 0.2) is 0 Å². The van der Waals surface area contributed by atoms with Gasteiger partial charge in [0.15, 0.2) is 0 Å². The van der Waals surface area contributed by atoms with Gasteiger partial charge in [0.1, 0.15) is 6.04 Å². The molecule has 2 amide bonds. The zero-order chi connectivity index (χ0) is 15.0. The van der Waals surface area contributed by atoms with Gasteiger partial charge in [-0.15, -0.1) is 0 Å². The first-order chi connectivity index (χ1) is 10.1. The van der Waals surface area contributed by atoms with Crippen LogP contribution in [0.1, 0.15) is 51.9 Å². The predicted molar refractivity (Wildman–Crippen MR) is 80.8 cm³/mol. The molecule has 3 unspecified atom stereocenters. The Morgan fingerprint density at radius 2 is 1.81 bits per heavy atom. The second kappa shape index (κ2) is 5.95.